The van der Waals surface area contributed by atoms with Crippen molar-refractivity contribution in [2.24, 2.45) is 0 Å². The maximum Gasteiger partial charge on any atom is 0.471 e. The quantitative estimate of drug-likeness (QED) is 0.240. The summed E-state index contributed by atoms with van der Waals surface area (Å²) in [6.07, 6.45) is -0.813. The van der Waals surface area contributed by atoms with Crippen LogP contribution in [0.15, 0.2) is 53.6 Å². The van der Waals surface area contributed by atoms with Gasteiger partial charge in [-0.15, -0.1) is 0 Å². The molecule has 1 aliphatic carbocycles. The fraction of sp³-hybridized carbons (Fsp3) is 0.393. The molecule has 1 aromatic heterocycles. The zero-order valence-electron chi connectivity index (χ0n) is 23.2. The lowest BCUT2D eigenvalue weighted by Gasteiger charge is -2.31. The lowest BCUT2D eigenvalue weighted by Crippen LogP contribution is -2.44. The summed E-state index contributed by atoms with van der Waals surface area (Å²) in [5.41, 5.74) is 0.773. The van der Waals surface area contributed by atoms with Gasteiger partial charge in [-0.3, -0.25) is 4.79 Å². The summed E-state index contributed by atoms with van der Waals surface area (Å²) >= 11 is 6.35. The summed E-state index contributed by atoms with van der Waals surface area (Å²) in [6, 6.07) is 11.6. The first-order chi connectivity index (χ1) is 19.8. The third-order valence-corrected chi connectivity index (χ3v) is 9.76. The largest absolute Gasteiger partial charge is 0.495 e. The Kier molecular flexibility index (Phi) is 9.21. The molecule has 1 fully saturated rings. The molecule has 1 heterocycles. The lowest BCUT2D eigenvalue weighted by atomic mass is 9.78. The molecule has 0 saturated heterocycles. The van der Waals surface area contributed by atoms with Crippen molar-refractivity contribution in [2.75, 3.05) is 24.3 Å². The Balaban J connectivity index is 1.64. The van der Waals surface area contributed by atoms with Crippen LogP contribution < -0.4 is 20.7 Å². The number of halogens is 4. The highest BCUT2D eigenvalue weighted by atomic mass is 35.5. The minimum Gasteiger partial charge on any atom is -0.495 e. The second-order valence-corrected chi connectivity index (χ2v) is 13.2. The van der Waals surface area contributed by atoms with E-state index in [1.54, 1.807) is 50.2 Å². The third-order valence-electron chi connectivity index (χ3n) is 7.28. The second-order valence-electron chi connectivity index (χ2n) is 10.3. The molecular weight excluding hydrogens is 595 g/mol. The van der Waals surface area contributed by atoms with Gasteiger partial charge in [0.2, 0.25) is 5.95 Å². The van der Waals surface area contributed by atoms with Crippen LogP contribution in [0.25, 0.3) is 0 Å². The number of anilines is 4. The van der Waals surface area contributed by atoms with E-state index in [2.05, 4.69) is 25.9 Å². The Bertz CT molecular complexity index is 1560. The van der Waals surface area contributed by atoms with E-state index >= 15 is 0 Å². The number of rotatable bonds is 10. The fourth-order valence-electron chi connectivity index (χ4n) is 4.94. The first-order valence-electron chi connectivity index (χ1n) is 13.2. The van der Waals surface area contributed by atoms with Crippen molar-refractivity contribution in [3.8, 4) is 5.75 Å². The monoisotopic (exact) mass is 625 g/mol. The molecule has 0 spiro atoms. The topological polar surface area (TPSA) is 122 Å². The number of carbonyl (C=O) groups excluding carboxylic acids is 1. The Labute approximate surface area is 247 Å². The summed E-state index contributed by atoms with van der Waals surface area (Å²) < 4.78 is 69.9. The number of sulfone groups is 1. The minimum absolute atomic E-state index is 0.0954. The molecule has 14 heteroatoms. The van der Waals surface area contributed by atoms with Crippen LogP contribution in [-0.2, 0) is 20.0 Å². The van der Waals surface area contributed by atoms with Crippen molar-refractivity contribution in [1.29, 1.82) is 0 Å². The van der Waals surface area contributed by atoms with Crippen LogP contribution in [0.3, 0.4) is 0 Å². The Morgan fingerprint density at radius 1 is 1.10 bits per heavy atom. The number of carbonyl (C=O) groups is 1. The van der Waals surface area contributed by atoms with Crippen LogP contribution in [0, 0.1) is 0 Å². The summed E-state index contributed by atoms with van der Waals surface area (Å²) in [4.78, 5) is 20.3. The standard InChI is InChI=1S/C28H31ClF3N5O4S/c1-17(2)42(39,40)23-9-5-4-8-20(23)35-24-19(29)15-33-26(37-24)36-21-14-18(10-11-22(21)41-3)27(12-6-7-13-27)16-34-25(38)28(30,31)32/h4-5,8-11,14-15,17H,6-7,12-13,16H2,1-3H3,(H,34,38)(H2,33,35,36,37). The molecule has 0 aliphatic heterocycles. The number of nitrogens with zero attached hydrogens (tertiary/aromatic N) is 2. The molecule has 0 radical (unpaired) electrons. The van der Waals surface area contributed by atoms with Crippen LogP contribution in [-0.4, -0.2) is 49.4 Å². The lowest BCUT2D eigenvalue weighted by molar-refractivity contribution is -0.173. The van der Waals surface area contributed by atoms with E-state index in [0.29, 0.717) is 30.0 Å². The number of hydrogen-bond acceptors (Lipinski definition) is 8. The van der Waals surface area contributed by atoms with Crippen LogP contribution in [0.5, 0.6) is 5.75 Å². The Morgan fingerprint density at radius 2 is 1.79 bits per heavy atom. The van der Waals surface area contributed by atoms with E-state index < -0.39 is 32.6 Å². The van der Waals surface area contributed by atoms with Crippen LogP contribution >= 0.6 is 11.6 Å². The first-order valence-corrected chi connectivity index (χ1v) is 15.1. The van der Waals surface area contributed by atoms with Gasteiger partial charge >= 0.3 is 12.1 Å². The van der Waals surface area contributed by atoms with Crippen LogP contribution in [0.2, 0.25) is 5.02 Å². The van der Waals surface area contributed by atoms with Crippen LogP contribution in [0.4, 0.5) is 36.3 Å². The molecule has 42 heavy (non-hydrogen) atoms. The molecule has 1 amide bonds. The van der Waals surface area contributed by atoms with E-state index in [1.807, 2.05) is 0 Å². The van der Waals surface area contributed by atoms with Crippen molar-refractivity contribution >= 4 is 50.5 Å². The third kappa shape index (κ3) is 6.73. The van der Waals surface area contributed by atoms with Crippen molar-refractivity contribution in [3.05, 3.63) is 59.2 Å². The number of benzene rings is 2. The number of aromatic nitrogens is 2. The molecule has 4 rings (SSSR count). The predicted molar refractivity (Wildman–Crippen MR) is 155 cm³/mol. The van der Waals surface area contributed by atoms with Gasteiger partial charge in [0.1, 0.15) is 10.8 Å². The molecule has 1 saturated carbocycles. The number of methoxy groups -OCH3 is 1. The summed E-state index contributed by atoms with van der Waals surface area (Å²) in [5, 5.41) is 7.62. The average molecular weight is 626 g/mol. The van der Waals surface area contributed by atoms with Crippen molar-refractivity contribution in [3.63, 3.8) is 0 Å². The van der Waals surface area contributed by atoms with Gasteiger partial charge in [0.05, 0.1) is 34.8 Å². The zero-order valence-corrected chi connectivity index (χ0v) is 24.8. The molecular formula is C28H31ClF3N5O4S. The summed E-state index contributed by atoms with van der Waals surface area (Å²) in [5.74, 6) is -1.30. The summed E-state index contributed by atoms with van der Waals surface area (Å²) in [6.45, 7) is 3.02. The molecule has 9 nitrogen and oxygen atoms in total. The van der Waals surface area contributed by atoms with E-state index in [1.165, 1.54) is 19.4 Å². The molecule has 2 aromatic carbocycles. The zero-order chi connectivity index (χ0) is 30.7. The van der Waals surface area contributed by atoms with Crippen LogP contribution in [0.1, 0.15) is 45.1 Å². The van der Waals surface area contributed by atoms with Gasteiger partial charge in [0, 0.05) is 12.0 Å². The van der Waals surface area contributed by atoms with Crippen molar-refractivity contribution in [1.82, 2.24) is 15.3 Å². The van der Waals surface area contributed by atoms with Gasteiger partial charge in [-0.2, -0.15) is 18.2 Å². The number of para-hydroxylation sites is 1. The highest BCUT2D eigenvalue weighted by Gasteiger charge is 2.42. The van der Waals surface area contributed by atoms with Gasteiger partial charge in [-0.25, -0.2) is 13.4 Å². The van der Waals surface area contributed by atoms with Gasteiger partial charge in [-0.1, -0.05) is 42.6 Å². The molecule has 0 bridgehead atoms. The predicted octanol–water partition coefficient (Wildman–Crippen LogP) is 6.30. The number of hydrogen-bond donors (Lipinski definition) is 3. The molecule has 3 N–H and O–H groups in total. The van der Waals surface area contributed by atoms with E-state index in [-0.39, 0.29) is 28.2 Å². The smallest absolute Gasteiger partial charge is 0.471 e. The molecule has 226 valence electrons. The Hall–Kier alpha value is -3.58. The average Bonchev–Trinajstić information content (AvgIpc) is 3.43. The maximum absolute atomic E-state index is 12.9. The maximum atomic E-state index is 12.9. The van der Waals surface area contributed by atoms with E-state index in [9.17, 15) is 26.4 Å². The Morgan fingerprint density at radius 3 is 2.43 bits per heavy atom. The molecule has 3 aromatic rings. The first kappa shape index (κ1) is 31.4. The highest BCUT2D eigenvalue weighted by Crippen LogP contribution is 2.43. The SMILES string of the molecule is COc1ccc(C2(CNC(=O)C(F)(F)F)CCCC2)cc1Nc1ncc(Cl)c(Nc2ccccc2S(=O)(=O)C(C)C)n1. The van der Waals surface area contributed by atoms with Crippen molar-refractivity contribution in [2.45, 2.75) is 61.3 Å². The second kappa shape index (κ2) is 12.3. The van der Waals surface area contributed by atoms with Gasteiger partial charge in [0.25, 0.3) is 0 Å². The summed E-state index contributed by atoms with van der Waals surface area (Å²) in [7, 11) is -2.15. The highest BCUT2D eigenvalue weighted by molar-refractivity contribution is 7.92. The van der Waals surface area contributed by atoms with E-state index in [4.69, 9.17) is 16.3 Å². The fourth-order valence-corrected chi connectivity index (χ4v) is 6.28. The minimum atomic E-state index is -4.97. The number of ether oxygens (including phenoxy) is 1. The molecule has 0 unspecified atom stereocenters. The molecule has 1 aliphatic rings. The number of amides is 1. The molecule has 0 atom stereocenters. The number of nitrogens with one attached hydrogen (secondary N) is 3. The van der Waals surface area contributed by atoms with Crippen molar-refractivity contribution < 1.29 is 31.1 Å². The van der Waals surface area contributed by atoms with Gasteiger partial charge in [0.15, 0.2) is 15.7 Å². The van der Waals surface area contributed by atoms with Gasteiger partial charge in [-0.05, 0) is 56.5 Å². The van der Waals surface area contributed by atoms with E-state index in [0.717, 1.165) is 18.4 Å². The van der Waals surface area contributed by atoms with Gasteiger partial charge < -0.3 is 20.7 Å². The normalized spacial score (nSPS) is 15.0. The number of alkyl halides is 3.